The number of H-pyrrole nitrogens is 1. The largest absolute Gasteiger partial charge is 0.380 e. The molecule has 6 rings (SSSR count). The fraction of sp³-hybridized carbons (Fsp3) is 0.250. The molecule has 0 amide bonds. The average Bonchev–Trinajstić information content (AvgIpc) is 3.13. The lowest BCUT2D eigenvalue weighted by molar-refractivity contribution is -0.127. The molecule has 4 aromatic rings. The average molecular weight is 467 g/mol. The van der Waals surface area contributed by atoms with Crippen LogP contribution in [0.2, 0.25) is 10.0 Å². The standard InChI is InChI=1S/C24H20Cl2N4O2/c25-20-2-1-15(5-21(20)26)10-29-4-3-16(6-22(29)31)19-9-28-23-18(19)7-17(8-27-23)30-11-24(12-30)13-32-14-24/h1-9H,10-14H2,(H,27,28). The summed E-state index contributed by atoms with van der Waals surface area (Å²) in [7, 11) is 0. The number of benzene rings is 1. The van der Waals surface area contributed by atoms with Gasteiger partial charge in [0.15, 0.2) is 0 Å². The third-order valence-corrected chi connectivity index (χ3v) is 7.13. The maximum atomic E-state index is 12.8. The summed E-state index contributed by atoms with van der Waals surface area (Å²) >= 11 is 12.1. The Bertz CT molecular complexity index is 1400. The molecule has 0 bridgehead atoms. The van der Waals surface area contributed by atoms with E-state index in [1.165, 1.54) is 0 Å². The van der Waals surface area contributed by atoms with Gasteiger partial charge >= 0.3 is 0 Å². The molecule has 3 aromatic heterocycles. The minimum atomic E-state index is -0.0818. The van der Waals surface area contributed by atoms with Crippen molar-refractivity contribution in [2.45, 2.75) is 6.54 Å². The Balaban J connectivity index is 1.29. The van der Waals surface area contributed by atoms with E-state index in [2.05, 4.69) is 20.9 Å². The quantitative estimate of drug-likeness (QED) is 0.477. The first kappa shape index (κ1) is 19.9. The Morgan fingerprint density at radius 2 is 1.94 bits per heavy atom. The molecule has 0 radical (unpaired) electrons. The normalized spacial score (nSPS) is 16.9. The lowest BCUT2D eigenvalue weighted by Crippen LogP contribution is -2.66. The van der Waals surface area contributed by atoms with E-state index in [1.54, 1.807) is 22.8 Å². The van der Waals surface area contributed by atoms with E-state index in [0.29, 0.717) is 22.0 Å². The molecule has 32 heavy (non-hydrogen) atoms. The van der Waals surface area contributed by atoms with Gasteiger partial charge in [-0.25, -0.2) is 4.98 Å². The maximum Gasteiger partial charge on any atom is 0.251 e. The fourth-order valence-corrected chi connectivity index (χ4v) is 4.88. The van der Waals surface area contributed by atoms with E-state index in [4.69, 9.17) is 27.9 Å². The molecule has 6 nitrogen and oxygen atoms in total. The number of fused-ring (bicyclic) bond motifs is 1. The minimum Gasteiger partial charge on any atom is -0.380 e. The number of rotatable bonds is 4. The molecule has 0 aliphatic carbocycles. The number of nitrogens with one attached hydrogen (secondary N) is 1. The van der Waals surface area contributed by atoms with E-state index in [1.807, 2.05) is 30.7 Å². The molecular weight excluding hydrogens is 447 g/mol. The number of halogens is 2. The molecule has 1 aromatic carbocycles. The van der Waals surface area contributed by atoms with Crippen LogP contribution in [0.1, 0.15) is 5.56 Å². The molecule has 8 heteroatoms. The zero-order valence-electron chi connectivity index (χ0n) is 17.1. The van der Waals surface area contributed by atoms with Crippen LogP contribution in [-0.4, -0.2) is 40.8 Å². The minimum absolute atomic E-state index is 0.0818. The van der Waals surface area contributed by atoms with Gasteiger partial charge in [0, 0.05) is 42.5 Å². The zero-order valence-corrected chi connectivity index (χ0v) is 18.7. The summed E-state index contributed by atoms with van der Waals surface area (Å²) in [4.78, 5) is 23.0. The van der Waals surface area contributed by atoms with Crippen LogP contribution in [0.25, 0.3) is 22.2 Å². The molecule has 0 unspecified atom stereocenters. The number of pyridine rings is 2. The summed E-state index contributed by atoms with van der Waals surface area (Å²) < 4.78 is 7.03. The predicted octanol–water partition coefficient (Wildman–Crippen LogP) is 4.58. The maximum absolute atomic E-state index is 12.8. The van der Waals surface area contributed by atoms with Crippen LogP contribution in [0.3, 0.4) is 0 Å². The second-order valence-corrected chi connectivity index (χ2v) is 9.59. The van der Waals surface area contributed by atoms with Gasteiger partial charge in [0.25, 0.3) is 5.56 Å². The third-order valence-electron chi connectivity index (χ3n) is 6.39. The van der Waals surface area contributed by atoms with Gasteiger partial charge in [-0.15, -0.1) is 0 Å². The summed E-state index contributed by atoms with van der Waals surface area (Å²) in [6.07, 6.45) is 5.63. The first-order chi connectivity index (χ1) is 15.5. The molecule has 2 aliphatic rings. The number of hydrogen-bond donors (Lipinski definition) is 1. The van der Waals surface area contributed by atoms with Crippen molar-refractivity contribution in [3.05, 3.63) is 81.0 Å². The highest BCUT2D eigenvalue weighted by molar-refractivity contribution is 6.42. The van der Waals surface area contributed by atoms with E-state index >= 15 is 0 Å². The van der Waals surface area contributed by atoms with Gasteiger partial charge in [-0.1, -0.05) is 29.3 Å². The summed E-state index contributed by atoms with van der Waals surface area (Å²) in [5.74, 6) is 0. The zero-order chi connectivity index (χ0) is 21.9. The van der Waals surface area contributed by atoms with Crippen LogP contribution in [0.5, 0.6) is 0 Å². The van der Waals surface area contributed by atoms with Crippen LogP contribution >= 0.6 is 23.2 Å². The first-order valence-electron chi connectivity index (χ1n) is 10.4. The Morgan fingerprint density at radius 1 is 1.09 bits per heavy atom. The van der Waals surface area contributed by atoms with Crippen molar-refractivity contribution >= 4 is 39.9 Å². The van der Waals surface area contributed by atoms with Crippen molar-refractivity contribution in [3.8, 4) is 11.1 Å². The molecule has 2 aliphatic heterocycles. The van der Waals surface area contributed by atoms with E-state index < -0.39 is 0 Å². The number of aromatic amines is 1. The molecular formula is C24H20Cl2N4O2. The van der Waals surface area contributed by atoms with Gasteiger partial charge < -0.3 is 19.2 Å². The lowest BCUT2D eigenvalue weighted by atomic mass is 9.78. The van der Waals surface area contributed by atoms with Gasteiger partial charge in [-0.3, -0.25) is 4.79 Å². The third kappa shape index (κ3) is 3.30. The fourth-order valence-electron chi connectivity index (χ4n) is 4.56. The van der Waals surface area contributed by atoms with Gasteiger partial charge in [0.2, 0.25) is 0 Å². The molecule has 2 fully saturated rings. The smallest absolute Gasteiger partial charge is 0.251 e. The van der Waals surface area contributed by atoms with Crippen LogP contribution < -0.4 is 10.5 Å². The summed E-state index contributed by atoms with van der Waals surface area (Å²) in [6, 6.07) is 11.2. The highest BCUT2D eigenvalue weighted by atomic mass is 35.5. The van der Waals surface area contributed by atoms with Crippen LogP contribution in [-0.2, 0) is 11.3 Å². The number of aromatic nitrogens is 3. The summed E-state index contributed by atoms with van der Waals surface area (Å²) in [5.41, 5.74) is 4.92. The highest BCUT2D eigenvalue weighted by Crippen LogP contribution is 2.41. The Hall–Kier alpha value is -2.80. The first-order valence-corrected chi connectivity index (χ1v) is 11.2. The highest BCUT2D eigenvalue weighted by Gasteiger charge is 2.49. The molecule has 5 heterocycles. The van der Waals surface area contributed by atoms with Gasteiger partial charge in [0.05, 0.1) is 47.1 Å². The molecule has 1 spiro atoms. The van der Waals surface area contributed by atoms with Crippen molar-refractivity contribution in [1.82, 2.24) is 14.5 Å². The molecule has 2 saturated heterocycles. The van der Waals surface area contributed by atoms with Crippen molar-refractivity contribution in [1.29, 1.82) is 0 Å². The second-order valence-electron chi connectivity index (χ2n) is 8.77. The van der Waals surface area contributed by atoms with Crippen LogP contribution in [0.4, 0.5) is 5.69 Å². The number of anilines is 1. The Labute approximate surface area is 194 Å². The van der Waals surface area contributed by atoms with Crippen LogP contribution in [0, 0.1) is 5.41 Å². The summed E-state index contributed by atoms with van der Waals surface area (Å²) in [5, 5.41) is 1.99. The van der Waals surface area contributed by atoms with Gasteiger partial charge in [-0.2, -0.15) is 0 Å². The van der Waals surface area contributed by atoms with Crippen molar-refractivity contribution in [3.63, 3.8) is 0 Å². The Kier molecular flexibility index (Phi) is 4.57. The molecule has 1 N–H and O–H groups in total. The second kappa shape index (κ2) is 7.37. The van der Waals surface area contributed by atoms with Crippen LogP contribution in [0.15, 0.2) is 59.8 Å². The summed E-state index contributed by atoms with van der Waals surface area (Å²) in [6.45, 7) is 4.14. The van der Waals surface area contributed by atoms with Gasteiger partial charge in [-0.05, 0) is 35.4 Å². The lowest BCUT2D eigenvalue weighted by Gasteiger charge is -2.55. The van der Waals surface area contributed by atoms with Crippen molar-refractivity contribution < 1.29 is 4.74 Å². The van der Waals surface area contributed by atoms with E-state index in [-0.39, 0.29) is 5.56 Å². The van der Waals surface area contributed by atoms with Crippen molar-refractivity contribution in [2.24, 2.45) is 5.41 Å². The SMILES string of the molecule is O=c1cc(-c2c[nH]c3ncc(N4CC5(COC5)C4)cc23)ccn1Cc1ccc(Cl)c(Cl)c1. The topological polar surface area (TPSA) is 63.1 Å². The molecule has 0 saturated carbocycles. The van der Waals surface area contributed by atoms with Crippen molar-refractivity contribution in [2.75, 3.05) is 31.2 Å². The Morgan fingerprint density at radius 3 is 2.66 bits per heavy atom. The van der Waals surface area contributed by atoms with E-state index in [0.717, 1.165) is 59.7 Å². The van der Waals surface area contributed by atoms with Gasteiger partial charge in [0.1, 0.15) is 5.65 Å². The number of hydrogen-bond acceptors (Lipinski definition) is 4. The number of ether oxygens (including phenoxy) is 1. The van der Waals surface area contributed by atoms with E-state index in [9.17, 15) is 4.79 Å². The predicted molar refractivity (Wildman–Crippen MR) is 127 cm³/mol. The monoisotopic (exact) mass is 466 g/mol. The molecule has 0 atom stereocenters. The number of nitrogens with zero attached hydrogens (tertiary/aromatic N) is 3. The molecule has 162 valence electrons.